The smallest absolute Gasteiger partial charge is 0.239 e. The van der Waals surface area contributed by atoms with Gasteiger partial charge in [-0.25, -0.2) is 13.4 Å². The van der Waals surface area contributed by atoms with Crippen LogP contribution in [0.25, 0.3) is 10.2 Å². The number of benzene rings is 2. The van der Waals surface area contributed by atoms with E-state index >= 15 is 0 Å². The number of para-hydroxylation sites is 1. The summed E-state index contributed by atoms with van der Waals surface area (Å²) in [4.78, 5) is 4.53. The van der Waals surface area contributed by atoms with E-state index in [-0.39, 0.29) is 14.9 Å². The second-order valence-corrected chi connectivity index (χ2v) is 9.08. The molecule has 0 unspecified atom stereocenters. The van der Waals surface area contributed by atoms with E-state index in [1.165, 1.54) is 28.8 Å². The number of hydrogen-bond donors (Lipinski definition) is 0. The lowest BCUT2D eigenvalue weighted by molar-refractivity contribution is 0.398. The highest BCUT2D eigenvalue weighted by molar-refractivity contribution is 7.89. The Morgan fingerprint density at radius 3 is 2.54 bits per heavy atom. The molecule has 0 aliphatic heterocycles. The van der Waals surface area contributed by atoms with Crippen molar-refractivity contribution in [2.24, 2.45) is 0 Å². The van der Waals surface area contributed by atoms with Gasteiger partial charge in [0.2, 0.25) is 10.0 Å². The van der Waals surface area contributed by atoms with Crippen LogP contribution in [-0.4, -0.2) is 24.8 Å². The molecule has 126 valence electrons. The monoisotopic (exact) mass is 400 g/mol. The maximum absolute atomic E-state index is 12.9. The third kappa shape index (κ3) is 3.05. The third-order valence-electron chi connectivity index (χ3n) is 3.79. The molecule has 1 atom stereocenters. The molecule has 0 aliphatic rings. The number of rotatable bonds is 4. The summed E-state index contributed by atoms with van der Waals surface area (Å²) in [6, 6.07) is 11.9. The van der Waals surface area contributed by atoms with Crippen LogP contribution in [0, 0.1) is 0 Å². The zero-order chi connectivity index (χ0) is 17.5. The maximum atomic E-state index is 12.9. The minimum atomic E-state index is -3.79. The number of hydrogen-bond acceptors (Lipinski definition) is 4. The fourth-order valence-corrected chi connectivity index (χ4v) is 5.46. The highest BCUT2D eigenvalue weighted by atomic mass is 35.5. The van der Waals surface area contributed by atoms with Crippen molar-refractivity contribution in [2.75, 3.05) is 7.05 Å². The number of nitrogens with zero attached hydrogens (tertiary/aromatic N) is 2. The average molecular weight is 401 g/mol. The molecule has 0 saturated carbocycles. The predicted octanol–water partition coefficient (Wildman–Crippen LogP) is 4.98. The Labute approximate surface area is 154 Å². The van der Waals surface area contributed by atoms with E-state index in [4.69, 9.17) is 23.2 Å². The predicted molar refractivity (Wildman–Crippen MR) is 99.4 cm³/mol. The molecule has 0 radical (unpaired) electrons. The van der Waals surface area contributed by atoms with Gasteiger partial charge in [-0.1, -0.05) is 41.4 Å². The van der Waals surface area contributed by atoms with Crippen molar-refractivity contribution in [3.63, 3.8) is 0 Å². The Kier molecular flexibility index (Phi) is 4.86. The number of fused-ring (bicyclic) bond motifs is 1. The number of sulfonamides is 1. The number of thiazole rings is 1. The summed E-state index contributed by atoms with van der Waals surface area (Å²) in [6.45, 7) is 1.80. The zero-order valence-corrected chi connectivity index (χ0v) is 16.0. The van der Waals surface area contributed by atoms with E-state index in [9.17, 15) is 8.42 Å². The van der Waals surface area contributed by atoms with Crippen LogP contribution in [0.1, 0.15) is 18.0 Å². The largest absolute Gasteiger partial charge is 0.244 e. The summed E-state index contributed by atoms with van der Waals surface area (Å²) in [5.74, 6) is 0. The quantitative estimate of drug-likeness (QED) is 0.619. The van der Waals surface area contributed by atoms with Crippen molar-refractivity contribution in [3.05, 3.63) is 57.5 Å². The summed E-state index contributed by atoms with van der Waals surface area (Å²) >= 11 is 13.5. The minimum Gasteiger partial charge on any atom is -0.239 e. The first-order valence-electron chi connectivity index (χ1n) is 7.10. The molecular weight excluding hydrogens is 387 g/mol. The van der Waals surface area contributed by atoms with E-state index in [1.54, 1.807) is 19.1 Å². The Morgan fingerprint density at radius 1 is 1.12 bits per heavy atom. The van der Waals surface area contributed by atoms with Crippen molar-refractivity contribution in [3.8, 4) is 0 Å². The second-order valence-electron chi connectivity index (χ2n) is 5.27. The van der Waals surface area contributed by atoms with Gasteiger partial charge in [-0.2, -0.15) is 4.31 Å². The lowest BCUT2D eigenvalue weighted by Crippen LogP contribution is -2.30. The third-order valence-corrected chi connectivity index (χ3v) is 7.89. The summed E-state index contributed by atoms with van der Waals surface area (Å²) in [5.41, 5.74) is 0.857. The van der Waals surface area contributed by atoms with Gasteiger partial charge in [-0.15, -0.1) is 11.3 Å². The van der Waals surface area contributed by atoms with E-state index in [1.807, 2.05) is 24.3 Å². The van der Waals surface area contributed by atoms with Gasteiger partial charge in [0.05, 0.1) is 26.3 Å². The molecule has 3 aromatic rings. The molecule has 24 heavy (non-hydrogen) atoms. The molecule has 4 nitrogen and oxygen atoms in total. The Morgan fingerprint density at radius 2 is 1.83 bits per heavy atom. The average Bonchev–Trinajstić information content (AvgIpc) is 2.99. The van der Waals surface area contributed by atoms with Crippen LogP contribution in [0.15, 0.2) is 47.4 Å². The first-order chi connectivity index (χ1) is 11.3. The fourth-order valence-electron chi connectivity index (χ4n) is 2.27. The molecule has 0 saturated heterocycles. The fraction of sp³-hybridized carbons (Fsp3) is 0.188. The molecule has 1 aromatic heterocycles. The highest BCUT2D eigenvalue weighted by Crippen LogP contribution is 2.35. The zero-order valence-electron chi connectivity index (χ0n) is 12.9. The Hall–Kier alpha value is -1.18. The first-order valence-corrected chi connectivity index (χ1v) is 10.1. The first kappa shape index (κ1) is 17.6. The van der Waals surface area contributed by atoms with Crippen LogP contribution < -0.4 is 0 Å². The molecule has 0 bridgehead atoms. The van der Waals surface area contributed by atoms with Crippen LogP contribution in [0.2, 0.25) is 10.0 Å². The van der Waals surface area contributed by atoms with Gasteiger partial charge < -0.3 is 0 Å². The molecule has 0 amide bonds. The van der Waals surface area contributed by atoms with Crippen molar-refractivity contribution in [1.82, 2.24) is 9.29 Å². The van der Waals surface area contributed by atoms with Gasteiger partial charge in [0.25, 0.3) is 0 Å². The molecule has 0 fully saturated rings. The summed E-state index contributed by atoms with van der Waals surface area (Å²) in [5, 5.41) is 0.960. The molecule has 0 N–H and O–H groups in total. The van der Waals surface area contributed by atoms with Crippen molar-refractivity contribution < 1.29 is 8.42 Å². The lowest BCUT2D eigenvalue weighted by atomic mass is 10.3. The number of halogens is 2. The summed E-state index contributed by atoms with van der Waals surface area (Å²) in [7, 11) is -2.28. The van der Waals surface area contributed by atoms with Gasteiger partial charge >= 0.3 is 0 Å². The molecule has 1 heterocycles. The van der Waals surface area contributed by atoms with E-state index in [0.29, 0.717) is 0 Å². The Bertz CT molecular complexity index is 969. The van der Waals surface area contributed by atoms with E-state index < -0.39 is 16.1 Å². The standard InChI is InChI=1S/C16H14Cl2N2O2S2/c1-10(16-19-12-7-3-4-8-13(12)23-16)20(2)24(21,22)14-9-5-6-11(17)15(14)18/h3-10H,1-2H3/t10-/m1/s1. The lowest BCUT2D eigenvalue weighted by Gasteiger charge is -2.23. The Balaban J connectivity index is 2.00. The topological polar surface area (TPSA) is 50.3 Å². The summed E-state index contributed by atoms with van der Waals surface area (Å²) < 4.78 is 28.1. The van der Waals surface area contributed by atoms with Gasteiger partial charge in [0.1, 0.15) is 9.90 Å². The maximum Gasteiger partial charge on any atom is 0.244 e. The second kappa shape index (κ2) is 6.61. The molecular formula is C16H14Cl2N2O2S2. The minimum absolute atomic E-state index is 0.00729. The molecule has 3 rings (SSSR count). The van der Waals surface area contributed by atoms with Gasteiger partial charge in [0, 0.05) is 7.05 Å². The SMILES string of the molecule is C[C@H](c1nc2ccccc2s1)N(C)S(=O)(=O)c1cccc(Cl)c1Cl. The van der Waals surface area contributed by atoms with Crippen molar-refractivity contribution >= 4 is 54.8 Å². The molecule has 0 aliphatic carbocycles. The van der Waals surface area contributed by atoms with Crippen LogP contribution in [-0.2, 0) is 10.0 Å². The van der Waals surface area contributed by atoms with Gasteiger partial charge in [-0.3, -0.25) is 0 Å². The molecule has 2 aromatic carbocycles. The van der Waals surface area contributed by atoms with Gasteiger partial charge in [0.15, 0.2) is 0 Å². The van der Waals surface area contributed by atoms with Gasteiger partial charge in [-0.05, 0) is 31.2 Å². The van der Waals surface area contributed by atoms with Crippen LogP contribution in [0.4, 0.5) is 0 Å². The highest BCUT2D eigenvalue weighted by Gasteiger charge is 2.30. The van der Waals surface area contributed by atoms with Crippen molar-refractivity contribution in [1.29, 1.82) is 0 Å². The van der Waals surface area contributed by atoms with Crippen LogP contribution >= 0.6 is 34.5 Å². The van der Waals surface area contributed by atoms with Crippen molar-refractivity contribution in [2.45, 2.75) is 17.9 Å². The summed E-state index contributed by atoms with van der Waals surface area (Å²) in [6.07, 6.45) is 0. The number of aromatic nitrogens is 1. The van der Waals surface area contributed by atoms with Crippen LogP contribution in [0.3, 0.4) is 0 Å². The molecule has 0 spiro atoms. The molecule has 8 heteroatoms. The van der Waals surface area contributed by atoms with Crippen LogP contribution in [0.5, 0.6) is 0 Å². The van der Waals surface area contributed by atoms with E-state index in [0.717, 1.165) is 15.2 Å². The van der Waals surface area contributed by atoms with E-state index in [2.05, 4.69) is 4.98 Å². The normalized spacial score (nSPS) is 13.5.